The van der Waals surface area contributed by atoms with Crippen molar-refractivity contribution in [2.24, 2.45) is 0 Å². The van der Waals surface area contributed by atoms with Crippen LogP contribution >= 0.6 is 11.6 Å². The standard InChI is InChI=1S/C23H25ClFNO5/c1-3-31-23(29)14-20(26-21(27)8-9-22(28)30-2)10-15-4-6-16(7-5-15)17-11-18(24)13-19(25)12-17/h4-7,11-13,20H,3,8-10,14H2,1-2H3,(H,26,27). The van der Waals surface area contributed by atoms with Gasteiger partial charge in [0.25, 0.3) is 0 Å². The van der Waals surface area contributed by atoms with Crippen molar-refractivity contribution in [2.45, 2.75) is 38.6 Å². The van der Waals surface area contributed by atoms with E-state index in [9.17, 15) is 18.8 Å². The molecule has 0 aliphatic carbocycles. The normalized spacial score (nSPS) is 11.5. The number of amides is 1. The molecule has 0 fully saturated rings. The number of hydrogen-bond donors (Lipinski definition) is 1. The lowest BCUT2D eigenvalue weighted by Crippen LogP contribution is -2.38. The van der Waals surface area contributed by atoms with E-state index in [0.29, 0.717) is 17.0 Å². The molecule has 0 aliphatic rings. The van der Waals surface area contributed by atoms with Crippen molar-refractivity contribution in [3.05, 3.63) is 58.9 Å². The molecule has 0 aromatic heterocycles. The van der Waals surface area contributed by atoms with E-state index in [-0.39, 0.29) is 31.8 Å². The minimum Gasteiger partial charge on any atom is -0.469 e. The Hall–Kier alpha value is -2.93. The highest BCUT2D eigenvalue weighted by Gasteiger charge is 2.19. The van der Waals surface area contributed by atoms with Gasteiger partial charge in [0.2, 0.25) is 5.91 Å². The summed E-state index contributed by atoms with van der Waals surface area (Å²) in [5, 5.41) is 3.09. The Balaban J connectivity index is 2.08. The average molecular weight is 450 g/mol. The predicted octanol–water partition coefficient (Wildman–Crippen LogP) is 4.08. The molecule has 1 amide bonds. The highest BCUT2D eigenvalue weighted by atomic mass is 35.5. The van der Waals surface area contributed by atoms with E-state index in [2.05, 4.69) is 10.1 Å². The van der Waals surface area contributed by atoms with Crippen molar-refractivity contribution in [3.63, 3.8) is 0 Å². The number of esters is 2. The maximum atomic E-state index is 13.6. The van der Waals surface area contributed by atoms with Crippen LogP contribution in [0.5, 0.6) is 0 Å². The summed E-state index contributed by atoms with van der Waals surface area (Å²) in [5.74, 6) is -1.68. The third kappa shape index (κ3) is 8.38. The number of nitrogens with one attached hydrogen (secondary N) is 1. The number of carbonyl (C=O) groups is 3. The maximum absolute atomic E-state index is 13.6. The van der Waals surface area contributed by atoms with Crippen LogP contribution < -0.4 is 5.32 Å². The molecule has 2 rings (SSSR count). The first-order chi connectivity index (χ1) is 14.8. The van der Waals surface area contributed by atoms with Crippen molar-refractivity contribution in [1.29, 1.82) is 0 Å². The van der Waals surface area contributed by atoms with Crippen LogP contribution in [0.25, 0.3) is 11.1 Å². The summed E-state index contributed by atoms with van der Waals surface area (Å²) in [6, 6.07) is 11.1. The van der Waals surface area contributed by atoms with Crippen LogP contribution in [0.1, 0.15) is 31.7 Å². The molecule has 166 valence electrons. The summed E-state index contributed by atoms with van der Waals surface area (Å²) in [4.78, 5) is 35.4. The number of carbonyl (C=O) groups excluding carboxylic acids is 3. The summed E-state index contributed by atoms with van der Waals surface area (Å²) in [7, 11) is 1.26. The molecular weight excluding hydrogens is 425 g/mol. The van der Waals surface area contributed by atoms with Gasteiger partial charge >= 0.3 is 11.9 Å². The third-order valence-corrected chi connectivity index (χ3v) is 4.72. The third-order valence-electron chi connectivity index (χ3n) is 4.50. The van der Waals surface area contributed by atoms with E-state index in [1.807, 2.05) is 24.3 Å². The van der Waals surface area contributed by atoms with Gasteiger partial charge in [0.15, 0.2) is 0 Å². The topological polar surface area (TPSA) is 81.7 Å². The van der Waals surface area contributed by atoms with E-state index >= 15 is 0 Å². The number of methoxy groups -OCH3 is 1. The number of ether oxygens (including phenoxy) is 2. The van der Waals surface area contributed by atoms with Crippen LogP contribution in [0, 0.1) is 5.82 Å². The first-order valence-corrected chi connectivity index (χ1v) is 10.3. The Morgan fingerprint density at radius 3 is 2.35 bits per heavy atom. The molecule has 1 N–H and O–H groups in total. The second-order valence-corrected chi connectivity index (χ2v) is 7.35. The zero-order chi connectivity index (χ0) is 22.8. The minimum absolute atomic E-state index is 0.000932. The molecule has 0 bridgehead atoms. The van der Waals surface area contributed by atoms with E-state index in [4.69, 9.17) is 16.3 Å². The molecule has 2 aromatic carbocycles. The van der Waals surface area contributed by atoms with Crippen LogP contribution in [0.15, 0.2) is 42.5 Å². The molecule has 6 nitrogen and oxygen atoms in total. The largest absolute Gasteiger partial charge is 0.469 e. The first-order valence-electron chi connectivity index (χ1n) is 9.88. The fraction of sp³-hybridized carbons (Fsp3) is 0.348. The highest BCUT2D eigenvalue weighted by Crippen LogP contribution is 2.25. The predicted molar refractivity (Wildman–Crippen MR) is 115 cm³/mol. The summed E-state index contributed by atoms with van der Waals surface area (Å²) < 4.78 is 23.1. The van der Waals surface area contributed by atoms with Gasteiger partial charge in [0.05, 0.1) is 26.6 Å². The maximum Gasteiger partial charge on any atom is 0.307 e. The Bertz CT molecular complexity index is 896. The molecular formula is C23H25ClFNO5. The van der Waals surface area contributed by atoms with Gasteiger partial charge in [-0.15, -0.1) is 0 Å². The second kappa shape index (κ2) is 12.1. The van der Waals surface area contributed by atoms with Gasteiger partial charge in [-0.3, -0.25) is 14.4 Å². The Morgan fingerprint density at radius 1 is 1.03 bits per heavy atom. The molecule has 0 saturated heterocycles. The van der Waals surface area contributed by atoms with Gasteiger partial charge in [0.1, 0.15) is 5.82 Å². The zero-order valence-corrected chi connectivity index (χ0v) is 18.2. The zero-order valence-electron chi connectivity index (χ0n) is 17.5. The smallest absolute Gasteiger partial charge is 0.307 e. The fourth-order valence-corrected chi connectivity index (χ4v) is 3.27. The average Bonchev–Trinajstić information content (AvgIpc) is 2.72. The monoisotopic (exact) mass is 449 g/mol. The van der Waals surface area contributed by atoms with Gasteiger partial charge < -0.3 is 14.8 Å². The SMILES string of the molecule is CCOC(=O)CC(Cc1ccc(-c2cc(F)cc(Cl)c2)cc1)NC(=O)CCC(=O)OC. The summed E-state index contributed by atoms with van der Waals surface area (Å²) in [5.41, 5.74) is 2.30. The number of hydrogen-bond acceptors (Lipinski definition) is 5. The van der Waals surface area contributed by atoms with Crippen LogP contribution in [0.4, 0.5) is 4.39 Å². The molecule has 0 radical (unpaired) electrons. The van der Waals surface area contributed by atoms with Crippen molar-refractivity contribution in [3.8, 4) is 11.1 Å². The Labute approximate surface area is 185 Å². The van der Waals surface area contributed by atoms with E-state index in [1.165, 1.54) is 19.2 Å². The van der Waals surface area contributed by atoms with Gasteiger partial charge in [-0.25, -0.2) is 4.39 Å². The number of rotatable bonds is 10. The number of halogens is 2. The molecule has 2 aromatic rings. The summed E-state index contributed by atoms with van der Waals surface area (Å²) in [6.45, 7) is 1.95. The lowest BCUT2D eigenvalue weighted by atomic mass is 9.99. The minimum atomic E-state index is -0.501. The van der Waals surface area contributed by atoms with Crippen molar-refractivity contribution in [1.82, 2.24) is 5.32 Å². The quantitative estimate of drug-likeness (QED) is 0.553. The van der Waals surface area contributed by atoms with Gasteiger partial charge in [-0.2, -0.15) is 0 Å². The van der Waals surface area contributed by atoms with Crippen molar-refractivity contribution in [2.75, 3.05) is 13.7 Å². The first kappa shape index (κ1) is 24.3. The van der Waals surface area contributed by atoms with Crippen LogP contribution in [-0.4, -0.2) is 37.6 Å². The molecule has 1 atom stereocenters. The van der Waals surface area contributed by atoms with Crippen LogP contribution in [0.2, 0.25) is 5.02 Å². The highest BCUT2D eigenvalue weighted by molar-refractivity contribution is 6.30. The van der Waals surface area contributed by atoms with E-state index in [1.54, 1.807) is 13.0 Å². The Kier molecular flexibility index (Phi) is 9.46. The van der Waals surface area contributed by atoms with Crippen LogP contribution in [-0.2, 0) is 30.3 Å². The van der Waals surface area contributed by atoms with Crippen molar-refractivity contribution < 1.29 is 28.2 Å². The summed E-state index contributed by atoms with van der Waals surface area (Å²) in [6.07, 6.45) is 0.302. The van der Waals surface area contributed by atoms with Gasteiger partial charge in [-0.1, -0.05) is 35.9 Å². The van der Waals surface area contributed by atoms with Crippen LogP contribution in [0.3, 0.4) is 0 Å². The molecule has 8 heteroatoms. The van der Waals surface area contributed by atoms with Gasteiger partial charge in [0, 0.05) is 17.5 Å². The summed E-state index contributed by atoms with van der Waals surface area (Å²) >= 11 is 5.92. The lowest BCUT2D eigenvalue weighted by molar-refractivity contribution is -0.144. The fourth-order valence-electron chi connectivity index (χ4n) is 3.05. The van der Waals surface area contributed by atoms with E-state index in [0.717, 1.165) is 11.1 Å². The number of benzene rings is 2. The van der Waals surface area contributed by atoms with Gasteiger partial charge in [-0.05, 0) is 48.2 Å². The van der Waals surface area contributed by atoms with Crippen molar-refractivity contribution >= 4 is 29.4 Å². The lowest BCUT2D eigenvalue weighted by Gasteiger charge is -2.18. The van der Waals surface area contributed by atoms with E-state index < -0.39 is 23.8 Å². The molecule has 0 spiro atoms. The second-order valence-electron chi connectivity index (χ2n) is 6.91. The molecule has 0 aliphatic heterocycles. The molecule has 31 heavy (non-hydrogen) atoms. The Morgan fingerprint density at radius 2 is 1.74 bits per heavy atom. The molecule has 0 heterocycles. The molecule has 0 saturated carbocycles. The molecule has 1 unspecified atom stereocenters.